The van der Waals surface area contributed by atoms with Crippen molar-refractivity contribution in [2.24, 2.45) is 5.92 Å². The van der Waals surface area contributed by atoms with Gasteiger partial charge in [0.1, 0.15) is 5.82 Å². The second-order valence-corrected chi connectivity index (χ2v) is 8.49. The van der Waals surface area contributed by atoms with Gasteiger partial charge < -0.3 is 5.11 Å². The van der Waals surface area contributed by atoms with Gasteiger partial charge in [0.2, 0.25) is 0 Å². The number of carboxylic acid groups (broad SMARTS) is 1. The van der Waals surface area contributed by atoms with E-state index in [9.17, 15) is 23.1 Å². The summed E-state index contributed by atoms with van der Waals surface area (Å²) in [6.07, 6.45) is 4.53. The zero-order chi connectivity index (χ0) is 23.0. The van der Waals surface area contributed by atoms with E-state index in [1.165, 1.54) is 24.5 Å². The van der Waals surface area contributed by atoms with Gasteiger partial charge in [-0.15, -0.1) is 0 Å². The van der Waals surface area contributed by atoms with Crippen LogP contribution in [0.1, 0.15) is 54.4 Å². The maximum atomic E-state index is 15.2. The smallest absolute Gasteiger partial charge is 0.338 e. The number of carbonyl (C=O) groups is 1. The maximum absolute atomic E-state index is 15.2. The molecule has 1 N–H and O–H groups in total. The van der Waals surface area contributed by atoms with Crippen LogP contribution in [0, 0.1) is 29.2 Å². The van der Waals surface area contributed by atoms with Crippen LogP contribution in [0.5, 0.6) is 0 Å². The Hall–Kier alpha value is -3.15. The summed E-state index contributed by atoms with van der Waals surface area (Å²) in [5.41, 5.74) is 0.797. The summed E-state index contributed by atoms with van der Waals surface area (Å²) < 4.78 is 56.4. The highest BCUT2D eigenvalue weighted by Crippen LogP contribution is 2.39. The van der Waals surface area contributed by atoms with Crippen molar-refractivity contribution >= 4 is 5.97 Å². The van der Waals surface area contributed by atoms with E-state index in [1.54, 1.807) is 12.1 Å². The maximum Gasteiger partial charge on any atom is 0.338 e. The molecule has 1 aliphatic carbocycles. The monoisotopic (exact) mass is 442 g/mol. The van der Waals surface area contributed by atoms with Gasteiger partial charge in [-0.1, -0.05) is 50.1 Å². The Kier molecular flexibility index (Phi) is 6.04. The number of benzene rings is 3. The standard InChI is InChI=1S/C26H22F4O2/c1-14-2-4-15(5-3-14)16-6-8-17(9-7-16)19-10-11-20(26(31)32)24(29)23(19)18-12-21(27)25(30)22(28)13-18/h6-15H,2-5H2,1H3,(H,31,32)/t14-,15-. The second-order valence-electron chi connectivity index (χ2n) is 8.49. The molecule has 0 atom stereocenters. The minimum Gasteiger partial charge on any atom is -0.478 e. The van der Waals surface area contributed by atoms with Gasteiger partial charge in [-0.25, -0.2) is 22.4 Å². The zero-order valence-corrected chi connectivity index (χ0v) is 17.5. The predicted molar refractivity (Wildman–Crippen MR) is 114 cm³/mol. The van der Waals surface area contributed by atoms with Crippen molar-refractivity contribution in [3.05, 3.63) is 82.9 Å². The van der Waals surface area contributed by atoms with Crippen LogP contribution >= 0.6 is 0 Å². The molecule has 3 aromatic rings. The van der Waals surface area contributed by atoms with Crippen molar-refractivity contribution < 1.29 is 27.5 Å². The molecule has 6 heteroatoms. The highest BCUT2D eigenvalue weighted by molar-refractivity contribution is 5.94. The first-order valence-electron chi connectivity index (χ1n) is 10.6. The lowest BCUT2D eigenvalue weighted by atomic mass is 9.79. The minimum atomic E-state index is -1.67. The summed E-state index contributed by atoms with van der Waals surface area (Å²) in [7, 11) is 0. The lowest BCUT2D eigenvalue weighted by Gasteiger charge is -2.26. The molecule has 0 saturated heterocycles. The van der Waals surface area contributed by atoms with Crippen LogP contribution in [-0.2, 0) is 0 Å². The van der Waals surface area contributed by atoms with E-state index in [-0.39, 0.29) is 16.7 Å². The Morgan fingerprint density at radius 1 is 0.812 bits per heavy atom. The highest BCUT2D eigenvalue weighted by atomic mass is 19.2. The third-order valence-corrected chi connectivity index (χ3v) is 6.35. The van der Waals surface area contributed by atoms with E-state index in [0.717, 1.165) is 24.8 Å². The lowest BCUT2D eigenvalue weighted by molar-refractivity contribution is 0.0692. The van der Waals surface area contributed by atoms with Crippen LogP contribution in [0.2, 0.25) is 0 Å². The highest BCUT2D eigenvalue weighted by Gasteiger charge is 2.23. The summed E-state index contributed by atoms with van der Waals surface area (Å²) in [6, 6.07) is 11.3. The quantitative estimate of drug-likeness (QED) is 0.334. The summed E-state index contributed by atoms with van der Waals surface area (Å²) in [5, 5.41) is 9.30. The molecular weight excluding hydrogens is 420 g/mol. The molecule has 32 heavy (non-hydrogen) atoms. The molecule has 0 heterocycles. The Morgan fingerprint density at radius 3 is 1.97 bits per heavy atom. The summed E-state index contributed by atoms with van der Waals surface area (Å²) in [6.45, 7) is 2.25. The third kappa shape index (κ3) is 4.14. The van der Waals surface area contributed by atoms with Gasteiger partial charge >= 0.3 is 5.97 Å². The first-order chi connectivity index (χ1) is 15.3. The van der Waals surface area contributed by atoms with E-state index in [0.29, 0.717) is 23.6 Å². The van der Waals surface area contributed by atoms with E-state index in [1.807, 2.05) is 12.1 Å². The summed E-state index contributed by atoms with van der Waals surface area (Å²) in [4.78, 5) is 11.4. The molecule has 0 radical (unpaired) electrons. The minimum absolute atomic E-state index is 0.265. The van der Waals surface area contributed by atoms with Crippen molar-refractivity contribution in [2.75, 3.05) is 0 Å². The zero-order valence-electron chi connectivity index (χ0n) is 17.5. The van der Waals surface area contributed by atoms with Crippen molar-refractivity contribution in [1.82, 2.24) is 0 Å². The summed E-state index contributed by atoms with van der Waals surface area (Å²) in [5.74, 6) is -6.10. The van der Waals surface area contributed by atoms with Crippen LogP contribution in [0.25, 0.3) is 22.3 Å². The lowest BCUT2D eigenvalue weighted by Crippen LogP contribution is -2.10. The summed E-state index contributed by atoms with van der Waals surface area (Å²) >= 11 is 0. The number of halogens is 4. The van der Waals surface area contributed by atoms with Gasteiger partial charge in [0.25, 0.3) is 0 Å². The second kappa shape index (κ2) is 8.77. The Balaban J connectivity index is 1.81. The van der Waals surface area contributed by atoms with Gasteiger partial charge in [-0.3, -0.25) is 0 Å². The van der Waals surface area contributed by atoms with Gasteiger partial charge in [-0.05, 0) is 65.1 Å². The predicted octanol–water partition coefficient (Wildman–Crippen LogP) is 7.57. The van der Waals surface area contributed by atoms with E-state index in [2.05, 4.69) is 6.92 Å². The van der Waals surface area contributed by atoms with Gasteiger partial charge in [0.05, 0.1) is 5.56 Å². The van der Waals surface area contributed by atoms with E-state index < -0.39 is 34.8 Å². The normalized spacial score (nSPS) is 18.5. The van der Waals surface area contributed by atoms with Crippen LogP contribution < -0.4 is 0 Å². The molecule has 1 fully saturated rings. The van der Waals surface area contributed by atoms with Crippen LogP contribution in [0.4, 0.5) is 17.6 Å². The fourth-order valence-corrected chi connectivity index (χ4v) is 4.49. The van der Waals surface area contributed by atoms with Crippen molar-refractivity contribution in [3.63, 3.8) is 0 Å². The molecular formula is C26H22F4O2. The Morgan fingerprint density at radius 2 is 1.41 bits per heavy atom. The largest absolute Gasteiger partial charge is 0.478 e. The molecule has 4 rings (SSSR count). The molecule has 0 spiro atoms. The number of aromatic carboxylic acids is 1. The SMILES string of the molecule is C[C@H]1CC[C@H](c2ccc(-c3ccc(C(=O)O)c(F)c3-c3cc(F)c(F)c(F)c3)cc2)CC1. The first-order valence-corrected chi connectivity index (χ1v) is 10.6. The van der Waals surface area contributed by atoms with Crippen LogP contribution in [-0.4, -0.2) is 11.1 Å². The topological polar surface area (TPSA) is 37.3 Å². The van der Waals surface area contributed by atoms with E-state index in [4.69, 9.17) is 0 Å². The van der Waals surface area contributed by atoms with Crippen LogP contribution in [0.3, 0.4) is 0 Å². The fraction of sp³-hybridized carbons (Fsp3) is 0.269. The third-order valence-electron chi connectivity index (χ3n) is 6.35. The Labute approximate surface area is 183 Å². The molecule has 3 aromatic carbocycles. The molecule has 1 aliphatic rings. The van der Waals surface area contributed by atoms with Crippen molar-refractivity contribution in [1.29, 1.82) is 0 Å². The van der Waals surface area contributed by atoms with Gasteiger partial charge in [0.15, 0.2) is 17.5 Å². The van der Waals surface area contributed by atoms with Gasteiger partial charge in [0, 0.05) is 5.56 Å². The molecule has 1 saturated carbocycles. The average Bonchev–Trinajstić information content (AvgIpc) is 2.77. The Bertz CT molecular complexity index is 1140. The van der Waals surface area contributed by atoms with E-state index >= 15 is 4.39 Å². The molecule has 2 nitrogen and oxygen atoms in total. The fourth-order valence-electron chi connectivity index (χ4n) is 4.49. The molecule has 0 bridgehead atoms. The van der Waals surface area contributed by atoms with Crippen LogP contribution in [0.15, 0.2) is 48.5 Å². The average molecular weight is 442 g/mol. The molecule has 0 aliphatic heterocycles. The van der Waals surface area contributed by atoms with Crippen molar-refractivity contribution in [2.45, 2.75) is 38.5 Å². The molecule has 0 unspecified atom stereocenters. The molecule has 0 amide bonds. The molecule has 166 valence electrons. The molecule has 0 aromatic heterocycles. The number of rotatable bonds is 4. The number of hydrogen-bond acceptors (Lipinski definition) is 1. The number of hydrogen-bond donors (Lipinski definition) is 1. The first kappa shape index (κ1) is 22.1. The number of carboxylic acids is 1. The van der Waals surface area contributed by atoms with Crippen molar-refractivity contribution in [3.8, 4) is 22.3 Å². The van der Waals surface area contributed by atoms with Gasteiger partial charge in [-0.2, -0.15) is 0 Å².